The Kier molecular flexibility index (Phi) is 4.29. The molecule has 2 aliphatic rings. The molecule has 0 aromatic carbocycles. The normalized spacial score (nSPS) is 28.3. The van der Waals surface area contributed by atoms with Gasteiger partial charge in [0.25, 0.3) is 0 Å². The second kappa shape index (κ2) is 5.59. The van der Waals surface area contributed by atoms with Crippen LogP contribution in [0.15, 0.2) is 0 Å². The standard InChI is InChI=1S/C15H27N3/c1-4-14-6-5-9-18(14)11-15(10-16,13-7-8-13)17-12(2)3/h12-14,17H,4-9,11H2,1-3H3. The van der Waals surface area contributed by atoms with Crippen LogP contribution in [-0.4, -0.2) is 35.6 Å². The molecule has 2 unspecified atom stereocenters. The van der Waals surface area contributed by atoms with E-state index in [4.69, 9.17) is 0 Å². The van der Waals surface area contributed by atoms with Gasteiger partial charge in [-0.1, -0.05) is 6.92 Å². The molecule has 0 bridgehead atoms. The fraction of sp³-hybridized carbons (Fsp3) is 0.933. The Hall–Kier alpha value is -0.590. The van der Waals surface area contributed by atoms with Crippen LogP contribution in [0.1, 0.15) is 52.9 Å². The molecule has 1 saturated carbocycles. The van der Waals surface area contributed by atoms with Gasteiger partial charge in [-0.05, 0) is 58.4 Å². The fourth-order valence-electron chi connectivity index (χ4n) is 3.43. The van der Waals surface area contributed by atoms with Gasteiger partial charge >= 0.3 is 0 Å². The highest BCUT2D eigenvalue weighted by Gasteiger charge is 2.47. The molecule has 0 aromatic rings. The van der Waals surface area contributed by atoms with E-state index in [0.29, 0.717) is 18.0 Å². The van der Waals surface area contributed by atoms with Crippen LogP contribution in [-0.2, 0) is 0 Å². The molecule has 18 heavy (non-hydrogen) atoms. The maximum Gasteiger partial charge on any atom is 0.122 e. The van der Waals surface area contributed by atoms with Gasteiger partial charge in [-0.25, -0.2) is 0 Å². The lowest BCUT2D eigenvalue weighted by atomic mass is 9.92. The molecule has 1 N–H and O–H groups in total. The van der Waals surface area contributed by atoms with Gasteiger partial charge in [0.15, 0.2) is 0 Å². The van der Waals surface area contributed by atoms with Crippen LogP contribution in [0.2, 0.25) is 0 Å². The lowest BCUT2D eigenvalue weighted by Crippen LogP contribution is -2.57. The molecule has 3 heteroatoms. The van der Waals surface area contributed by atoms with E-state index >= 15 is 0 Å². The lowest BCUT2D eigenvalue weighted by Gasteiger charge is -2.36. The largest absolute Gasteiger partial charge is 0.297 e. The summed E-state index contributed by atoms with van der Waals surface area (Å²) in [6, 6.07) is 3.71. The Balaban J connectivity index is 2.07. The summed E-state index contributed by atoms with van der Waals surface area (Å²) in [5.74, 6) is 0.572. The van der Waals surface area contributed by atoms with E-state index in [1.54, 1.807) is 0 Å². The van der Waals surface area contributed by atoms with Crippen molar-refractivity contribution < 1.29 is 0 Å². The Bertz CT molecular complexity index is 316. The van der Waals surface area contributed by atoms with E-state index in [1.165, 1.54) is 38.6 Å². The van der Waals surface area contributed by atoms with E-state index < -0.39 is 0 Å². The molecule has 0 amide bonds. The van der Waals surface area contributed by atoms with Crippen LogP contribution in [0.4, 0.5) is 0 Å². The van der Waals surface area contributed by atoms with Gasteiger partial charge in [0.1, 0.15) is 5.54 Å². The maximum absolute atomic E-state index is 9.72. The summed E-state index contributed by atoms with van der Waals surface area (Å²) in [5, 5.41) is 13.3. The minimum Gasteiger partial charge on any atom is -0.297 e. The molecule has 1 saturated heterocycles. The topological polar surface area (TPSA) is 39.1 Å². The Morgan fingerprint density at radius 2 is 2.11 bits per heavy atom. The summed E-state index contributed by atoms with van der Waals surface area (Å²) >= 11 is 0. The van der Waals surface area contributed by atoms with E-state index in [2.05, 4.69) is 37.1 Å². The summed E-state index contributed by atoms with van der Waals surface area (Å²) in [6.45, 7) is 8.66. The highest BCUT2D eigenvalue weighted by atomic mass is 15.2. The number of likely N-dealkylation sites (tertiary alicyclic amines) is 1. The van der Waals surface area contributed by atoms with Crippen molar-refractivity contribution >= 4 is 0 Å². The van der Waals surface area contributed by atoms with Crippen molar-refractivity contribution in [3.8, 4) is 6.07 Å². The number of hydrogen-bond acceptors (Lipinski definition) is 3. The van der Waals surface area contributed by atoms with E-state index in [9.17, 15) is 5.26 Å². The molecule has 3 nitrogen and oxygen atoms in total. The number of nitrogens with zero attached hydrogens (tertiary/aromatic N) is 2. The molecule has 1 aliphatic carbocycles. The molecule has 1 heterocycles. The summed E-state index contributed by atoms with van der Waals surface area (Å²) < 4.78 is 0. The molecule has 0 aromatic heterocycles. The van der Waals surface area contributed by atoms with Crippen molar-refractivity contribution in [1.82, 2.24) is 10.2 Å². The zero-order valence-corrected chi connectivity index (χ0v) is 12.1. The molecule has 1 aliphatic heterocycles. The summed E-state index contributed by atoms with van der Waals surface area (Å²) in [6.07, 6.45) is 6.26. The zero-order valence-electron chi connectivity index (χ0n) is 12.1. The second-order valence-electron chi connectivity index (χ2n) is 6.33. The summed E-state index contributed by atoms with van der Waals surface area (Å²) in [7, 11) is 0. The van der Waals surface area contributed by atoms with Crippen molar-refractivity contribution in [2.75, 3.05) is 13.1 Å². The van der Waals surface area contributed by atoms with Crippen LogP contribution < -0.4 is 5.32 Å². The molecular formula is C15H27N3. The number of nitrogens with one attached hydrogen (secondary N) is 1. The first-order valence-corrected chi connectivity index (χ1v) is 7.54. The Morgan fingerprint density at radius 1 is 1.39 bits per heavy atom. The smallest absolute Gasteiger partial charge is 0.122 e. The van der Waals surface area contributed by atoms with Gasteiger partial charge < -0.3 is 0 Å². The van der Waals surface area contributed by atoms with Gasteiger partial charge in [-0.15, -0.1) is 0 Å². The van der Waals surface area contributed by atoms with E-state index in [1.807, 2.05) is 0 Å². The van der Waals surface area contributed by atoms with Gasteiger partial charge in [-0.2, -0.15) is 5.26 Å². The summed E-state index contributed by atoms with van der Waals surface area (Å²) in [5.41, 5.74) is -0.300. The Labute approximate surface area is 112 Å². The van der Waals surface area contributed by atoms with Crippen LogP contribution in [0.3, 0.4) is 0 Å². The van der Waals surface area contributed by atoms with Crippen LogP contribution >= 0.6 is 0 Å². The molecule has 2 rings (SSSR count). The average molecular weight is 249 g/mol. The van der Waals surface area contributed by atoms with Gasteiger partial charge in [0.05, 0.1) is 6.07 Å². The monoisotopic (exact) mass is 249 g/mol. The number of hydrogen-bond donors (Lipinski definition) is 1. The van der Waals surface area contributed by atoms with Crippen molar-refractivity contribution in [2.45, 2.75) is 70.5 Å². The molecule has 2 atom stereocenters. The fourth-order valence-corrected chi connectivity index (χ4v) is 3.43. The van der Waals surface area contributed by atoms with Crippen LogP contribution in [0.25, 0.3) is 0 Å². The molecule has 2 fully saturated rings. The summed E-state index contributed by atoms with van der Waals surface area (Å²) in [4.78, 5) is 2.55. The molecule has 102 valence electrons. The van der Waals surface area contributed by atoms with Crippen molar-refractivity contribution in [2.24, 2.45) is 5.92 Å². The quantitative estimate of drug-likeness (QED) is 0.786. The minimum absolute atomic E-state index is 0.300. The number of nitriles is 1. The van der Waals surface area contributed by atoms with Crippen molar-refractivity contribution in [1.29, 1.82) is 5.26 Å². The highest BCUT2D eigenvalue weighted by molar-refractivity contribution is 5.17. The first kappa shape index (κ1) is 13.8. The van der Waals surface area contributed by atoms with Gasteiger partial charge in [0.2, 0.25) is 0 Å². The van der Waals surface area contributed by atoms with Crippen molar-refractivity contribution in [3.63, 3.8) is 0 Å². The second-order valence-corrected chi connectivity index (χ2v) is 6.33. The lowest BCUT2D eigenvalue weighted by molar-refractivity contribution is 0.173. The minimum atomic E-state index is -0.300. The third kappa shape index (κ3) is 2.87. The molecular weight excluding hydrogens is 222 g/mol. The van der Waals surface area contributed by atoms with Gasteiger partial charge in [-0.3, -0.25) is 10.2 Å². The van der Waals surface area contributed by atoms with Gasteiger partial charge in [0, 0.05) is 18.6 Å². The van der Waals surface area contributed by atoms with Crippen molar-refractivity contribution in [3.05, 3.63) is 0 Å². The number of rotatable bonds is 6. The predicted octanol–water partition coefficient (Wildman–Crippen LogP) is 2.53. The molecule has 0 radical (unpaired) electrons. The third-order valence-corrected chi connectivity index (χ3v) is 4.44. The Morgan fingerprint density at radius 3 is 2.61 bits per heavy atom. The average Bonchev–Trinajstić information content (AvgIpc) is 3.10. The maximum atomic E-state index is 9.72. The molecule has 0 spiro atoms. The SMILES string of the molecule is CCC1CCCN1CC(C#N)(NC(C)C)C1CC1. The third-order valence-electron chi connectivity index (χ3n) is 4.44. The highest BCUT2D eigenvalue weighted by Crippen LogP contribution is 2.41. The first-order valence-electron chi connectivity index (χ1n) is 7.54. The van der Waals surface area contributed by atoms with E-state index in [-0.39, 0.29) is 5.54 Å². The van der Waals surface area contributed by atoms with Crippen LogP contribution in [0.5, 0.6) is 0 Å². The van der Waals surface area contributed by atoms with E-state index in [0.717, 1.165) is 6.54 Å². The zero-order chi connectivity index (χ0) is 13.2. The predicted molar refractivity (Wildman–Crippen MR) is 74.2 cm³/mol. The van der Waals surface area contributed by atoms with Crippen LogP contribution in [0, 0.1) is 17.2 Å². The first-order chi connectivity index (χ1) is 8.61.